The molecule has 2 amide bonds. The highest BCUT2D eigenvalue weighted by Crippen LogP contribution is 2.15. The van der Waals surface area contributed by atoms with E-state index in [9.17, 15) is 14.0 Å². The first-order valence-corrected chi connectivity index (χ1v) is 6.19. The van der Waals surface area contributed by atoms with Crippen LogP contribution in [0.3, 0.4) is 0 Å². The van der Waals surface area contributed by atoms with Crippen molar-refractivity contribution in [3.63, 3.8) is 0 Å². The van der Waals surface area contributed by atoms with E-state index in [0.29, 0.717) is 5.56 Å². The Hall–Kier alpha value is -2.11. The molecule has 0 heterocycles. The molecule has 0 aliphatic carbocycles. The van der Waals surface area contributed by atoms with Gasteiger partial charge in [-0.3, -0.25) is 4.79 Å². The molecule has 0 fully saturated rings. The monoisotopic (exact) mass is 282 g/mol. The first kappa shape index (κ1) is 15.9. The smallest absolute Gasteiger partial charge is 0.408 e. The molecule has 2 N–H and O–H groups in total. The van der Waals surface area contributed by atoms with E-state index < -0.39 is 29.5 Å². The van der Waals surface area contributed by atoms with Crippen LogP contribution in [0.5, 0.6) is 0 Å². The van der Waals surface area contributed by atoms with Crippen LogP contribution in [-0.4, -0.2) is 24.6 Å². The Morgan fingerprint density at radius 1 is 1.20 bits per heavy atom. The Kier molecular flexibility index (Phi) is 5.07. The summed E-state index contributed by atoms with van der Waals surface area (Å²) in [6.45, 7) is 5.16. The number of likely N-dealkylation sites (N-methyl/N-ethyl adjacent to an activating group) is 1. The third kappa shape index (κ3) is 4.87. The predicted molar refractivity (Wildman–Crippen MR) is 72.6 cm³/mol. The minimum Gasteiger partial charge on any atom is -0.444 e. The van der Waals surface area contributed by atoms with Gasteiger partial charge in [0.2, 0.25) is 5.91 Å². The van der Waals surface area contributed by atoms with E-state index in [1.807, 2.05) is 0 Å². The highest BCUT2D eigenvalue weighted by molar-refractivity contribution is 5.86. The summed E-state index contributed by atoms with van der Waals surface area (Å²) in [5.41, 5.74) is -0.197. The maximum Gasteiger partial charge on any atom is 0.408 e. The average Bonchev–Trinajstić information content (AvgIpc) is 2.34. The first-order chi connectivity index (χ1) is 9.23. The van der Waals surface area contributed by atoms with Crippen LogP contribution in [0.15, 0.2) is 24.3 Å². The van der Waals surface area contributed by atoms with E-state index in [1.165, 1.54) is 31.3 Å². The van der Waals surface area contributed by atoms with Crippen LogP contribution >= 0.6 is 0 Å². The minimum absolute atomic E-state index is 0.414. The zero-order valence-corrected chi connectivity index (χ0v) is 12.0. The van der Waals surface area contributed by atoms with E-state index in [4.69, 9.17) is 4.74 Å². The van der Waals surface area contributed by atoms with Crippen molar-refractivity contribution < 1.29 is 18.7 Å². The Morgan fingerprint density at radius 2 is 1.75 bits per heavy atom. The van der Waals surface area contributed by atoms with Crippen molar-refractivity contribution in [1.82, 2.24) is 10.6 Å². The molecule has 0 saturated carbocycles. The average molecular weight is 282 g/mol. The number of ether oxygens (including phenoxy) is 1. The van der Waals surface area contributed by atoms with Gasteiger partial charge >= 0.3 is 6.09 Å². The Morgan fingerprint density at radius 3 is 2.20 bits per heavy atom. The summed E-state index contributed by atoms with van der Waals surface area (Å²) in [4.78, 5) is 23.6. The number of alkyl carbamates (subject to hydrolysis) is 1. The van der Waals surface area contributed by atoms with Crippen LogP contribution in [-0.2, 0) is 9.53 Å². The van der Waals surface area contributed by atoms with Gasteiger partial charge < -0.3 is 15.4 Å². The van der Waals surface area contributed by atoms with E-state index in [0.717, 1.165) is 0 Å². The normalized spacial score (nSPS) is 12.4. The lowest BCUT2D eigenvalue weighted by Gasteiger charge is -2.23. The van der Waals surface area contributed by atoms with Gasteiger partial charge in [0.15, 0.2) is 0 Å². The lowest BCUT2D eigenvalue weighted by molar-refractivity contribution is -0.122. The van der Waals surface area contributed by atoms with Crippen molar-refractivity contribution in [1.29, 1.82) is 0 Å². The fourth-order valence-corrected chi connectivity index (χ4v) is 1.53. The topological polar surface area (TPSA) is 67.4 Å². The van der Waals surface area contributed by atoms with Gasteiger partial charge in [-0.05, 0) is 38.5 Å². The molecule has 0 radical (unpaired) electrons. The molecule has 0 aliphatic rings. The van der Waals surface area contributed by atoms with Gasteiger partial charge in [-0.1, -0.05) is 12.1 Å². The standard InChI is InChI=1S/C14H19FN2O3/c1-14(2,3)20-13(19)17-11(12(18)16-4)9-5-7-10(15)8-6-9/h5-8,11H,1-4H3,(H,16,18)(H,17,19)/t11-/m0/s1. The Labute approximate surface area is 117 Å². The van der Waals surface area contributed by atoms with Crippen molar-refractivity contribution in [2.45, 2.75) is 32.4 Å². The molecule has 0 bridgehead atoms. The summed E-state index contributed by atoms with van der Waals surface area (Å²) in [5, 5.41) is 4.91. The molecule has 20 heavy (non-hydrogen) atoms. The fraction of sp³-hybridized carbons (Fsp3) is 0.429. The quantitative estimate of drug-likeness (QED) is 0.892. The van der Waals surface area contributed by atoms with Gasteiger partial charge in [-0.25, -0.2) is 9.18 Å². The molecule has 5 nitrogen and oxygen atoms in total. The van der Waals surface area contributed by atoms with Gasteiger partial charge in [0, 0.05) is 7.05 Å². The number of hydrogen-bond acceptors (Lipinski definition) is 3. The maximum atomic E-state index is 12.9. The summed E-state index contributed by atoms with van der Waals surface area (Å²) in [7, 11) is 1.45. The van der Waals surface area contributed by atoms with E-state index in [-0.39, 0.29) is 0 Å². The van der Waals surface area contributed by atoms with E-state index in [2.05, 4.69) is 10.6 Å². The van der Waals surface area contributed by atoms with Crippen molar-refractivity contribution in [2.75, 3.05) is 7.05 Å². The van der Waals surface area contributed by atoms with E-state index >= 15 is 0 Å². The van der Waals surface area contributed by atoms with Crippen LogP contribution < -0.4 is 10.6 Å². The van der Waals surface area contributed by atoms with Crippen molar-refractivity contribution >= 4 is 12.0 Å². The number of nitrogens with one attached hydrogen (secondary N) is 2. The molecule has 0 saturated heterocycles. The second-order valence-corrected chi connectivity index (χ2v) is 5.25. The number of rotatable bonds is 3. The third-order valence-corrected chi connectivity index (χ3v) is 2.37. The molecular formula is C14H19FN2O3. The first-order valence-electron chi connectivity index (χ1n) is 6.19. The van der Waals surface area contributed by atoms with Crippen molar-refractivity contribution in [2.24, 2.45) is 0 Å². The fourth-order valence-electron chi connectivity index (χ4n) is 1.53. The summed E-state index contributed by atoms with van der Waals surface area (Å²) < 4.78 is 18.0. The van der Waals surface area contributed by atoms with E-state index in [1.54, 1.807) is 20.8 Å². The number of halogens is 1. The van der Waals surface area contributed by atoms with Crippen molar-refractivity contribution in [3.05, 3.63) is 35.6 Å². The van der Waals surface area contributed by atoms with Crippen LogP contribution in [0, 0.1) is 5.82 Å². The largest absolute Gasteiger partial charge is 0.444 e. The summed E-state index contributed by atoms with van der Waals surface area (Å²) in [6.07, 6.45) is -0.713. The zero-order valence-electron chi connectivity index (χ0n) is 12.0. The van der Waals surface area contributed by atoms with Gasteiger partial charge in [-0.15, -0.1) is 0 Å². The third-order valence-electron chi connectivity index (χ3n) is 2.37. The molecule has 0 aliphatic heterocycles. The Bertz CT molecular complexity index is 480. The highest BCUT2D eigenvalue weighted by Gasteiger charge is 2.25. The second-order valence-electron chi connectivity index (χ2n) is 5.25. The Balaban J connectivity index is 2.88. The van der Waals surface area contributed by atoms with Crippen LogP contribution in [0.4, 0.5) is 9.18 Å². The number of benzene rings is 1. The predicted octanol–water partition coefficient (Wildman–Crippen LogP) is 2.14. The molecular weight excluding hydrogens is 263 g/mol. The summed E-state index contributed by atoms with van der Waals surface area (Å²) in [6, 6.07) is 4.39. The molecule has 110 valence electrons. The lowest BCUT2D eigenvalue weighted by atomic mass is 10.1. The molecule has 6 heteroatoms. The zero-order chi connectivity index (χ0) is 15.3. The maximum absolute atomic E-state index is 12.9. The molecule has 1 atom stereocenters. The number of hydrogen-bond donors (Lipinski definition) is 2. The highest BCUT2D eigenvalue weighted by atomic mass is 19.1. The second kappa shape index (κ2) is 6.36. The van der Waals surface area contributed by atoms with Gasteiger partial charge in [0.25, 0.3) is 0 Å². The molecule has 0 unspecified atom stereocenters. The van der Waals surface area contributed by atoms with Gasteiger partial charge in [0.05, 0.1) is 0 Å². The number of carbonyl (C=O) groups is 2. The van der Waals surface area contributed by atoms with Gasteiger partial charge in [-0.2, -0.15) is 0 Å². The minimum atomic E-state index is -0.935. The van der Waals surface area contributed by atoms with Crippen LogP contribution in [0.1, 0.15) is 32.4 Å². The van der Waals surface area contributed by atoms with Crippen LogP contribution in [0.2, 0.25) is 0 Å². The number of amides is 2. The van der Waals surface area contributed by atoms with Crippen molar-refractivity contribution in [3.8, 4) is 0 Å². The molecule has 1 rings (SSSR count). The lowest BCUT2D eigenvalue weighted by Crippen LogP contribution is -2.41. The molecule has 0 spiro atoms. The summed E-state index contributed by atoms with van der Waals surface area (Å²) in [5.74, 6) is -0.829. The van der Waals surface area contributed by atoms with Gasteiger partial charge in [0.1, 0.15) is 17.5 Å². The number of carbonyl (C=O) groups excluding carboxylic acids is 2. The summed E-state index contributed by atoms with van der Waals surface area (Å²) >= 11 is 0. The molecule has 1 aromatic carbocycles. The van der Waals surface area contributed by atoms with Crippen LogP contribution in [0.25, 0.3) is 0 Å². The molecule has 0 aromatic heterocycles. The SMILES string of the molecule is CNC(=O)[C@@H](NC(=O)OC(C)(C)C)c1ccc(F)cc1. The molecule has 1 aromatic rings.